The molecule has 0 saturated heterocycles. The summed E-state index contributed by atoms with van der Waals surface area (Å²) in [6.07, 6.45) is 2.91. The van der Waals surface area contributed by atoms with Crippen molar-refractivity contribution in [2.75, 3.05) is 11.9 Å². The molecule has 2 amide bonds. The highest BCUT2D eigenvalue weighted by molar-refractivity contribution is 6.35. The van der Waals surface area contributed by atoms with Crippen LogP contribution in [0.2, 0.25) is 10.0 Å². The minimum absolute atomic E-state index is 0.0163. The van der Waals surface area contributed by atoms with Crippen molar-refractivity contribution in [2.24, 2.45) is 17.8 Å². The van der Waals surface area contributed by atoms with Crippen molar-refractivity contribution in [2.45, 2.75) is 39.5 Å². The van der Waals surface area contributed by atoms with Gasteiger partial charge in [-0.15, -0.1) is 0 Å². The predicted octanol–water partition coefficient (Wildman–Crippen LogP) is 4.51. The Balaban J connectivity index is 1.84. The predicted molar refractivity (Wildman–Crippen MR) is 98.4 cm³/mol. The van der Waals surface area contributed by atoms with Gasteiger partial charge in [0.25, 0.3) is 0 Å². The van der Waals surface area contributed by atoms with Crippen LogP contribution in [-0.2, 0) is 9.59 Å². The lowest BCUT2D eigenvalue weighted by Crippen LogP contribution is -2.37. The SMILES string of the molecule is CC(C)CNC(=O)C1CCC(C(=O)Nc2cc(Cl)ccc2Cl)CC1. The van der Waals surface area contributed by atoms with Gasteiger partial charge in [0.05, 0.1) is 10.7 Å². The second kappa shape index (κ2) is 8.72. The normalized spacial score (nSPS) is 20.7. The molecular weight excluding hydrogens is 347 g/mol. The summed E-state index contributed by atoms with van der Waals surface area (Å²) in [5.74, 6) is 0.427. The Labute approximate surface area is 153 Å². The van der Waals surface area contributed by atoms with Gasteiger partial charge in [0, 0.05) is 23.4 Å². The van der Waals surface area contributed by atoms with Gasteiger partial charge in [0.1, 0.15) is 0 Å². The Morgan fingerprint density at radius 1 is 1.08 bits per heavy atom. The van der Waals surface area contributed by atoms with Crippen molar-refractivity contribution < 1.29 is 9.59 Å². The van der Waals surface area contributed by atoms with Gasteiger partial charge in [-0.1, -0.05) is 37.0 Å². The molecule has 1 fully saturated rings. The molecule has 0 heterocycles. The number of rotatable bonds is 5. The maximum Gasteiger partial charge on any atom is 0.227 e. The standard InChI is InChI=1S/C18H24Cl2N2O2/c1-11(2)10-21-17(23)12-3-5-13(6-4-12)18(24)22-16-9-14(19)7-8-15(16)20/h7-9,11-13H,3-6,10H2,1-2H3,(H,21,23)(H,22,24). The van der Waals surface area contributed by atoms with Crippen LogP contribution in [0.4, 0.5) is 5.69 Å². The summed E-state index contributed by atoms with van der Waals surface area (Å²) < 4.78 is 0. The zero-order valence-corrected chi connectivity index (χ0v) is 15.6. The van der Waals surface area contributed by atoms with Crippen LogP contribution in [0.5, 0.6) is 0 Å². The van der Waals surface area contributed by atoms with E-state index in [-0.39, 0.29) is 23.7 Å². The largest absolute Gasteiger partial charge is 0.356 e. The fraction of sp³-hybridized carbons (Fsp3) is 0.556. The summed E-state index contributed by atoms with van der Waals surface area (Å²) in [5.41, 5.74) is 0.533. The first-order chi connectivity index (χ1) is 11.4. The van der Waals surface area contributed by atoms with Crippen LogP contribution in [0, 0.1) is 17.8 Å². The molecule has 132 valence electrons. The van der Waals surface area contributed by atoms with Gasteiger partial charge in [0.15, 0.2) is 0 Å². The van der Waals surface area contributed by atoms with E-state index < -0.39 is 0 Å². The molecule has 0 bridgehead atoms. The summed E-state index contributed by atoms with van der Waals surface area (Å²) in [6, 6.07) is 4.99. The number of nitrogens with one attached hydrogen (secondary N) is 2. The van der Waals surface area contributed by atoms with Gasteiger partial charge >= 0.3 is 0 Å². The van der Waals surface area contributed by atoms with E-state index >= 15 is 0 Å². The van der Waals surface area contributed by atoms with Crippen LogP contribution in [-0.4, -0.2) is 18.4 Å². The monoisotopic (exact) mass is 370 g/mol. The van der Waals surface area contributed by atoms with Crippen LogP contribution in [0.3, 0.4) is 0 Å². The van der Waals surface area contributed by atoms with Crippen molar-refractivity contribution in [3.8, 4) is 0 Å². The van der Waals surface area contributed by atoms with Crippen LogP contribution >= 0.6 is 23.2 Å². The van der Waals surface area contributed by atoms with Crippen molar-refractivity contribution in [3.63, 3.8) is 0 Å². The zero-order valence-electron chi connectivity index (χ0n) is 14.1. The molecule has 0 aromatic heterocycles. The molecule has 2 N–H and O–H groups in total. The number of halogens is 2. The first kappa shape index (κ1) is 19.1. The minimum Gasteiger partial charge on any atom is -0.356 e. The second-order valence-electron chi connectivity index (χ2n) is 6.80. The van der Waals surface area contributed by atoms with Crippen molar-refractivity contribution in [3.05, 3.63) is 28.2 Å². The lowest BCUT2D eigenvalue weighted by Gasteiger charge is -2.27. The van der Waals surface area contributed by atoms with Gasteiger partial charge in [-0.2, -0.15) is 0 Å². The summed E-state index contributed by atoms with van der Waals surface area (Å²) in [6.45, 7) is 4.84. The molecule has 0 unspecified atom stereocenters. The highest BCUT2D eigenvalue weighted by atomic mass is 35.5. The molecule has 1 saturated carbocycles. The van der Waals surface area contributed by atoms with E-state index in [4.69, 9.17) is 23.2 Å². The smallest absolute Gasteiger partial charge is 0.227 e. The van der Waals surface area contributed by atoms with E-state index in [2.05, 4.69) is 24.5 Å². The maximum atomic E-state index is 12.4. The van der Waals surface area contributed by atoms with Gasteiger partial charge in [-0.05, 0) is 49.8 Å². The zero-order chi connectivity index (χ0) is 17.7. The van der Waals surface area contributed by atoms with Gasteiger partial charge in [0.2, 0.25) is 11.8 Å². The number of anilines is 1. The molecule has 1 aromatic carbocycles. The molecule has 0 radical (unpaired) electrons. The molecule has 0 aliphatic heterocycles. The van der Waals surface area contributed by atoms with Crippen LogP contribution < -0.4 is 10.6 Å². The maximum absolute atomic E-state index is 12.4. The third-order valence-corrected chi connectivity index (χ3v) is 4.90. The Morgan fingerprint density at radius 2 is 1.67 bits per heavy atom. The first-order valence-electron chi connectivity index (χ1n) is 8.40. The number of benzene rings is 1. The van der Waals surface area contributed by atoms with E-state index in [9.17, 15) is 9.59 Å². The molecular formula is C18H24Cl2N2O2. The molecule has 0 spiro atoms. The van der Waals surface area contributed by atoms with E-state index in [0.717, 1.165) is 12.8 Å². The highest BCUT2D eigenvalue weighted by Gasteiger charge is 2.30. The van der Waals surface area contributed by atoms with Crippen molar-refractivity contribution >= 4 is 40.7 Å². The van der Waals surface area contributed by atoms with Crippen LogP contribution in [0.1, 0.15) is 39.5 Å². The topological polar surface area (TPSA) is 58.2 Å². The Morgan fingerprint density at radius 3 is 2.25 bits per heavy atom. The fourth-order valence-corrected chi connectivity index (χ4v) is 3.23. The third kappa shape index (κ3) is 5.38. The first-order valence-corrected chi connectivity index (χ1v) is 9.16. The van der Waals surface area contributed by atoms with Crippen molar-refractivity contribution in [1.29, 1.82) is 0 Å². The number of hydrogen-bond acceptors (Lipinski definition) is 2. The Kier molecular flexibility index (Phi) is 6.93. The Bertz CT molecular complexity index is 597. The average molecular weight is 371 g/mol. The molecule has 4 nitrogen and oxygen atoms in total. The highest BCUT2D eigenvalue weighted by Crippen LogP contribution is 2.31. The van der Waals surface area contributed by atoms with Gasteiger partial charge < -0.3 is 10.6 Å². The number of amides is 2. The summed E-state index contributed by atoms with van der Waals surface area (Å²) in [4.78, 5) is 24.5. The molecule has 1 aliphatic carbocycles. The van der Waals surface area contributed by atoms with Crippen LogP contribution in [0.15, 0.2) is 18.2 Å². The summed E-state index contributed by atoms with van der Waals surface area (Å²) in [5, 5.41) is 6.82. The number of carbonyl (C=O) groups is 2. The van der Waals surface area contributed by atoms with Crippen LogP contribution in [0.25, 0.3) is 0 Å². The van der Waals surface area contributed by atoms with Crippen molar-refractivity contribution in [1.82, 2.24) is 5.32 Å². The quantitative estimate of drug-likeness (QED) is 0.800. The molecule has 1 aliphatic rings. The van der Waals surface area contributed by atoms with E-state index in [1.165, 1.54) is 0 Å². The number of hydrogen-bond donors (Lipinski definition) is 2. The van der Waals surface area contributed by atoms with Gasteiger partial charge in [-0.3, -0.25) is 9.59 Å². The fourth-order valence-electron chi connectivity index (χ4n) is 2.89. The minimum atomic E-state index is -0.0887. The Hall–Kier alpha value is -1.26. The molecule has 2 rings (SSSR count). The van der Waals surface area contributed by atoms with E-state index in [1.807, 2.05) is 0 Å². The molecule has 6 heteroatoms. The average Bonchev–Trinajstić information content (AvgIpc) is 2.56. The summed E-state index contributed by atoms with van der Waals surface area (Å²) >= 11 is 12.0. The molecule has 0 atom stereocenters. The van der Waals surface area contributed by atoms with Gasteiger partial charge in [-0.25, -0.2) is 0 Å². The number of carbonyl (C=O) groups excluding carboxylic acids is 2. The third-order valence-electron chi connectivity index (χ3n) is 4.34. The summed E-state index contributed by atoms with van der Waals surface area (Å²) in [7, 11) is 0. The lowest BCUT2D eigenvalue weighted by molar-refractivity contribution is -0.128. The van der Waals surface area contributed by atoms with E-state index in [1.54, 1.807) is 18.2 Å². The van der Waals surface area contributed by atoms with E-state index in [0.29, 0.717) is 41.0 Å². The second-order valence-corrected chi connectivity index (χ2v) is 7.64. The lowest BCUT2D eigenvalue weighted by atomic mass is 9.81. The molecule has 24 heavy (non-hydrogen) atoms. The molecule has 1 aromatic rings.